The smallest absolute Gasteiger partial charge is 0.273 e. The number of ether oxygens (including phenoxy) is 1. The molecule has 1 aromatic rings. The minimum Gasteiger partial charge on any atom is -0.484 e. The number of fused-ring (bicyclic) bond motifs is 1. The molecule has 0 bridgehead atoms. The summed E-state index contributed by atoms with van der Waals surface area (Å²) in [6, 6.07) is 3.61. The Hall–Kier alpha value is -1.66. The van der Waals surface area contributed by atoms with E-state index in [1.807, 2.05) is 0 Å². The summed E-state index contributed by atoms with van der Waals surface area (Å²) in [5.74, 6) is 0.363. The van der Waals surface area contributed by atoms with Gasteiger partial charge in [0.2, 0.25) is 0 Å². The molecule has 0 aromatic heterocycles. The van der Waals surface area contributed by atoms with Crippen LogP contribution in [0.3, 0.4) is 0 Å². The van der Waals surface area contributed by atoms with Crippen molar-refractivity contribution in [2.45, 2.75) is 31.6 Å². The van der Waals surface area contributed by atoms with Crippen molar-refractivity contribution >= 4 is 5.69 Å². The summed E-state index contributed by atoms with van der Waals surface area (Å²) < 4.78 is 5.56. The Labute approximate surface area is 98.2 Å². The fraction of sp³-hybridized carbons (Fsp3) is 0.455. The lowest BCUT2D eigenvalue weighted by molar-refractivity contribution is -0.385. The minimum atomic E-state index is -0.859. The SMILES string of the molecule is CC1(C)Oc2cc([N+](=O)[O-])ccc2[C@H](N)[C@H]1O. The van der Waals surface area contributed by atoms with E-state index in [0.29, 0.717) is 11.3 Å². The van der Waals surface area contributed by atoms with Gasteiger partial charge in [0.1, 0.15) is 17.5 Å². The maximum atomic E-state index is 10.7. The topological polar surface area (TPSA) is 98.6 Å². The fourth-order valence-electron chi connectivity index (χ4n) is 1.95. The van der Waals surface area contributed by atoms with E-state index >= 15 is 0 Å². The second-order valence-electron chi connectivity index (χ2n) is 4.66. The Morgan fingerprint density at radius 3 is 2.76 bits per heavy atom. The average molecular weight is 238 g/mol. The molecule has 3 N–H and O–H groups in total. The first kappa shape index (κ1) is 11.8. The Morgan fingerprint density at radius 2 is 2.18 bits per heavy atom. The van der Waals surface area contributed by atoms with E-state index in [1.165, 1.54) is 18.2 Å². The van der Waals surface area contributed by atoms with E-state index in [-0.39, 0.29) is 5.69 Å². The summed E-state index contributed by atoms with van der Waals surface area (Å²) >= 11 is 0. The fourth-order valence-corrected chi connectivity index (χ4v) is 1.95. The van der Waals surface area contributed by atoms with E-state index in [4.69, 9.17) is 10.5 Å². The van der Waals surface area contributed by atoms with E-state index in [2.05, 4.69) is 0 Å². The lowest BCUT2D eigenvalue weighted by atomic mass is 9.87. The van der Waals surface area contributed by atoms with Gasteiger partial charge in [0.05, 0.1) is 17.0 Å². The van der Waals surface area contributed by atoms with Crippen LogP contribution in [0.2, 0.25) is 0 Å². The second-order valence-corrected chi connectivity index (χ2v) is 4.66. The number of nitrogens with zero attached hydrogens (tertiary/aromatic N) is 1. The van der Waals surface area contributed by atoms with Crippen molar-refractivity contribution in [3.05, 3.63) is 33.9 Å². The highest BCUT2D eigenvalue weighted by Crippen LogP contribution is 2.40. The van der Waals surface area contributed by atoms with E-state index in [9.17, 15) is 15.2 Å². The van der Waals surface area contributed by atoms with Gasteiger partial charge >= 0.3 is 0 Å². The van der Waals surface area contributed by atoms with Crippen LogP contribution < -0.4 is 10.5 Å². The van der Waals surface area contributed by atoms with Crippen molar-refractivity contribution in [2.75, 3.05) is 0 Å². The zero-order valence-electron chi connectivity index (χ0n) is 9.58. The number of aliphatic hydroxyl groups excluding tert-OH is 1. The summed E-state index contributed by atoms with van der Waals surface area (Å²) in [5.41, 5.74) is 5.57. The zero-order valence-corrected chi connectivity index (χ0v) is 9.58. The first-order valence-electron chi connectivity index (χ1n) is 5.24. The number of aliphatic hydroxyl groups is 1. The minimum absolute atomic E-state index is 0.0526. The molecule has 1 aliphatic rings. The number of nitrogens with two attached hydrogens (primary N) is 1. The summed E-state index contributed by atoms with van der Waals surface area (Å²) in [6.07, 6.45) is -0.851. The number of nitro benzene ring substituents is 1. The summed E-state index contributed by atoms with van der Waals surface area (Å²) in [5, 5.41) is 20.6. The molecule has 1 aliphatic heterocycles. The van der Waals surface area contributed by atoms with E-state index in [1.54, 1.807) is 13.8 Å². The molecule has 0 spiro atoms. The van der Waals surface area contributed by atoms with Crippen LogP contribution in [0.4, 0.5) is 5.69 Å². The van der Waals surface area contributed by atoms with Crippen LogP contribution in [0.25, 0.3) is 0 Å². The van der Waals surface area contributed by atoms with Crippen molar-refractivity contribution in [1.29, 1.82) is 0 Å². The first-order chi connectivity index (χ1) is 7.83. The third kappa shape index (κ3) is 1.85. The number of hydrogen-bond acceptors (Lipinski definition) is 5. The van der Waals surface area contributed by atoms with Crippen molar-refractivity contribution in [2.24, 2.45) is 5.73 Å². The Morgan fingerprint density at radius 1 is 1.53 bits per heavy atom. The molecule has 1 aromatic carbocycles. The average Bonchev–Trinajstić information content (AvgIpc) is 2.25. The van der Waals surface area contributed by atoms with Crippen LogP contribution >= 0.6 is 0 Å². The number of nitro groups is 1. The van der Waals surface area contributed by atoms with Gasteiger partial charge in [0, 0.05) is 11.6 Å². The van der Waals surface area contributed by atoms with Crippen LogP contribution in [-0.4, -0.2) is 21.7 Å². The number of rotatable bonds is 1. The maximum absolute atomic E-state index is 10.7. The van der Waals surface area contributed by atoms with Crippen LogP contribution in [0.1, 0.15) is 25.5 Å². The van der Waals surface area contributed by atoms with Gasteiger partial charge in [-0.05, 0) is 19.9 Å². The second kappa shape index (κ2) is 3.68. The molecule has 6 nitrogen and oxygen atoms in total. The van der Waals surface area contributed by atoms with Crippen LogP contribution in [0, 0.1) is 10.1 Å². The predicted molar refractivity (Wildman–Crippen MR) is 60.7 cm³/mol. The lowest BCUT2D eigenvalue weighted by Gasteiger charge is -2.40. The highest BCUT2D eigenvalue weighted by Gasteiger charge is 2.41. The molecule has 0 fully saturated rings. The third-order valence-electron chi connectivity index (χ3n) is 2.99. The molecule has 92 valence electrons. The highest BCUT2D eigenvalue weighted by molar-refractivity contribution is 5.48. The molecule has 17 heavy (non-hydrogen) atoms. The van der Waals surface area contributed by atoms with Gasteiger partial charge in [0.15, 0.2) is 0 Å². The standard InChI is InChI=1S/C11H14N2O4/c1-11(2)10(14)9(12)7-4-3-6(13(15)16)5-8(7)17-11/h3-5,9-10,14H,12H2,1-2H3/t9-,10+/m0/s1. The van der Waals surface area contributed by atoms with Gasteiger partial charge in [-0.1, -0.05) is 0 Å². The molecule has 0 amide bonds. The Bertz CT molecular complexity index is 473. The van der Waals surface area contributed by atoms with E-state index in [0.717, 1.165) is 0 Å². The van der Waals surface area contributed by atoms with Gasteiger partial charge < -0.3 is 15.6 Å². The Balaban J connectivity index is 2.50. The summed E-state index contributed by atoms with van der Waals surface area (Å²) in [7, 11) is 0. The molecular weight excluding hydrogens is 224 g/mol. The van der Waals surface area contributed by atoms with Crippen LogP contribution in [-0.2, 0) is 0 Å². The molecule has 0 unspecified atom stereocenters. The van der Waals surface area contributed by atoms with Crippen LogP contribution in [0.15, 0.2) is 18.2 Å². The van der Waals surface area contributed by atoms with Gasteiger partial charge in [-0.2, -0.15) is 0 Å². The third-order valence-corrected chi connectivity index (χ3v) is 2.99. The molecule has 0 aliphatic carbocycles. The number of benzene rings is 1. The Kier molecular flexibility index (Phi) is 2.56. The van der Waals surface area contributed by atoms with Crippen molar-refractivity contribution in [3.63, 3.8) is 0 Å². The lowest BCUT2D eigenvalue weighted by Crippen LogP contribution is -2.51. The van der Waals surface area contributed by atoms with Crippen molar-refractivity contribution < 1.29 is 14.8 Å². The summed E-state index contributed by atoms with van der Waals surface area (Å²) in [4.78, 5) is 10.2. The van der Waals surface area contributed by atoms with Gasteiger partial charge in [-0.15, -0.1) is 0 Å². The maximum Gasteiger partial charge on any atom is 0.273 e. The summed E-state index contributed by atoms with van der Waals surface area (Å²) in [6.45, 7) is 3.39. The van der Waals surface area contributed by atoms with Crippen LogP contribution in [0.5, 0.6) is 5.75 Å². The molecule has 2 atom stereocenters. The molecule has 0 saturated heterocycles. The first-order valence-corrected chi connectivity index (χ1v) is 5.24. The molecule has 2 rings (SSSR count). The molecule has 6 heteroatoms. The predicted octanol–water partition coefficient (Wildman–Crippen LogP) is 1.13. The van der Waals surface area contributed by atoms with Crippen molar-refractivity contribution in [3.8, 4) is 5.75 Å². The normalized spacial score (nSPS) is 25.9. The van der Waals surface area contributed by atoms with Gasteiger partial charge in [0.25, 0.3) is 5.69 Å². The van der Waals surface area contributed by atoms with E-state index < -0.39 is 22.7 Å². The number of hydrogen-bond donors (Lipinski definition) is 2. The highest BCUT2D eigenvalue weighted by atomic mass is 16.6. The quantitative estimate of drug-likeness (QED) is 0.564. The monoisotopic (exact) mass is 238 g/mol. The molecule has 1 heterocycles. The van der Waals surface area contributed by atoms with Crippen molar-refractivity contribution in [1.82, 2.24) is 0 Å². The number of non-ortho nitro benzene ring substituents is 1. The molecule has 0 saturated carbocycles. The zero-order chi connectivity index (χ0) is 12.8. The molecule has 0 radical (unpaired) electrons. The van der Waals surface area contributed by atoms with Gasteiger partial charge in [-0.25, -0.2) is 0 Å². The molecular formula is C11H14N2O4. The largest absolute Gasteiger partial charge is 0.484 e. The van der Waals surface area contributed by atoms with Gasteiger partial charge in [-0.3, -0.25) is 10.1 Å².